The summed E-state index contributed by atoms with van der Waals surface area (Å²) in [4.78, 5) is 9.72. The maximum atomic E-state index is 6.25. The van der Waals surface area contributed by atoms with Crippen LogP contribution in [0.1, 0.15) is 26.3 Å². The molecule has 1 aliphatic heterocycles. The van der Waals surface area contributed by atoms with E-state index in [1.807, 2.05) is 24.3 Å². The molecule has 146 valence electrons. The van der Waals surface area contributed by atoms with E-state index in [-0.39, 0.29) is 0 Å². The maximum Gasteiger partial charge on any atom is 0.191 e. The van der Waals surface area contributed by atoms with E-state index in [1.165, 1.54) is 0 Å². The number of hydrogen-bond acceptors (Lipinski definition) is 3. The molecular weight excluding hydrogens is 346 g/mol. The molecule has 1 aliphatic rings. The first kappa shape index (κ1) is 21.0. The number of nitrogens with zero attached hydrogens (tertiary/aromatic N) is 3. The van der Waals surface area contributed by atoms with E-state index in [9.17, 15) is 0 Å². The van der Waals surface area contributed by atoms with Crippen molar-refractivity contribution in [3.05, 3.63) is 34.9 Å². The van der Waals surface area contributed by atoms with Gasteiger partial charge in [-0.2, -0.15) is 0 Å². The monoisotopic (exact) mass is 379 g/mol. The van der Waals surface area contributed by atoms with Crippen LogP contribution < -0.4 is 10.6 Å². The summed E-state index contributed by atoms with van der Waals surface area (Å²) >= 11 is 6.25. The van der Waals surface area contributed by atoms with E-state index in [1.54, 1.807) is 0 Å². The quantitative estimate of drug-likeness (QED) is 0.564. The predicted octanol–water partition coefficient (Wildman–Crippen LogP) is 2.67. The fourth-order valence-corrected chi connectivity index (χ4v) is 3.47. The van der Waals surface area contributed by atoms with Crippen LogP contribution in [0.5, 0.6) is 0 Å². The third kappa shape index (κ3) is 6.45. The molecule has 1 aromatic rings. The third-order valence-corrected chi connectivity index (χ3v) is 5.33. The summed E-state index contributed by atoms with van der Waals surface area (Å²) in [7, 11) is 2.20. The molecule has 2 rings (SSSR count). The molecule has 0 aromatic heterocycles. The molecule has 6 heteroatoms. The summed E-state index contributed by atoms with van der Waals surface area (Å²) in [5, 5.41) is 7.65. The molecule has 0 spiro atoms. The number of hydrogen-bond donors (Lipinski definition) is 2. The van der Waals surface area contributed by atoms with Gasteiger partial charge in [0.15, 0.2) is 5.96 Å². The van der Waals surface area contributed by atoms with Gasteiger partial charge in [-0.3, -0.25) is 4.90 Å². The van der Waals surface area contributed by atoms with Gasteiger partial charge in [0.1, 0.15) is 0 Å². The molecule has 1 aromatic carbocycles. The Bertz CT molecular complexity index is 567. The van der Waals surface area contributed by atoms with Gasteiger partial charge in [-0.1, -0.05) is 43.6 Å². The Balaban J connectivity index is 1.96. The average molecular weight is 380 g/mol. The fraction of sp³-hybridized carbons (Fsp3) is 0.650. The van der Waals surface area contributed by atoms with Crippen molar-refractivity contribution < 1.29 is 0 Å². The van der Waals surface area contributed by atoms with Crippen LogP contribution >= 0.6 is 11.6 Å². The Morgan fingerprint density at radius 2 is 1.85 bits per heavy atom. The van der Waals surface area contributed by atoms with Crippen LogP contribution in [0.4, 0.5) is 0 Å². The largest absolute Gasteiger partial charge is 0.357 e. The lowest BCUT2D eigenvalue weighted by Crippen LogP contribution is -2.55. The van der Waals surface area contributed by atoms with Crippen LogP contribution in [0, 0.1) is 5.92 Å². The molecule has 0 radical (unpaired) electrons. The van der Waals surface area contributed by atoms with Crippen LogP contribution in [0.3, 0.4) is 0 Å². The van der Waals surface area contributed by atoms with Crippen molar-refractivity contribution in [1.29, 1.82) is 0 Å². The Hall–Kier alpha value is -1.30. The highest BCUT2D eigenvalue weighted by Gasteiger charge is 2.25. The summed E-state index contributed by atoms with van der Waals surface area (Å²) in [5.74, 6) is 1.45. The topological polar surface area (TPSA) is 42.9 Å². The number of rotatable bonds is 7. The van der Waals surface area contributed by atoms with Gasteiger partial charge in [-0.25, -0.2) is 4.99 Å². The highest BCUT2D eigenvalue weighted by molar-refractivity contribution is 6.31. The van der Waals surface area contributed by atoms with Gasteiger partial charge in [0, 0.05) is 50.3 Å². The van der Waals surface area contributed by atoms with Crippen molar-refractivity contribution in [2.45, 2.75) is 33.4 Å². The first-order chi connectivity index (χ1) is 12.5. The number of nitrogens with one attached hydrogen (secondary N) is 2. The van der Waals surface area contributed by atoms with Crippen LogP contribution in [0.15, 0.2) is 29.3 Å². The highest BCUT2D eigenvalue weighted by Crippen LogP contribution is 2.16. The van der Waals surface area contributed by atoms with Gasteiger partial charge < -0.3 is 15.5 Å². The Morgan fingerprint density at radius 3 is 2.46 bits per heavy atom. The third-order valence-electron chi connectivity index (χ3n) is 4.96. The number of piperazine rings is 1. The minimum absolute atomic E-state index is 0.507. The molecule has 2 N–H and O–H groups in total. The van der Waals surface area contributed by atoms with E-state index in [4.69, 9.17) is 16.6 Å². The van der Waals surface area contributed by atoms with E-state index in [2.05, 4.69) is 48.3 Å². The van der Waals surface area contributed by atoms with Crippen LogP contribution in [-0.4, -0.2) is 68.1 Å². The van der Waals surface area contributed by atoms with Crippen molar-refractivity contribution in [2.24, 2.45) is 10.9 Å². The SMILES string of the molecule is CCNC(=NCc1ccccc1Cl)NCC(C(C)C)N1CCN(C)CC1. The van der Waals surface area contributed by atoms with E-state index in [0.717, 1.165) is 55.8 Å². The lowest BCUT2D eigenvalue weighted by molar-refractivity contribution is 0.0900. The van der Waals surface area contributed by atoms with Crippen LogP contribution in [0.25, 0.3) is 0 Å². The number of aliphatic imine (C=N–C) groups is 1. The van der Waals surface area contributed by atoms with Gasteiger partial charge in [0.25, 0.3) is 0 Å². The first-order valence-corrected chi connectivity index (χ1v) is 10.1. The summed E-state index contributed by atoms with van der Waals surface area (Å²) in [5.41, 5.74) is 1.05. The van der Waals surface area contributed by atoms with Crippen molar-refractivity contribution in [2.75, 3.05) is 46.3 Å². The second-order valence-corrected chi connectivity index (χ2v) is 7.73. The van der Waals surface area contributed by atoms with Crippen molar-refractivity contribution in [1.82, 2.24) is 20.4 Å². The molecule has 1 saturated heterocycles. The van der Waals surface area contributed by atoms with Gasteiger partial charge >= 0.3 is 0 Å². The molecule has 5 nitrogen and oxygen atoms in total. The maximum absolute atomic E-state index is 6.25. The molecule has 1 heterocycles. The normalized spacial score (nSPS) is 18.2. The second-order valence-electron chi connectivity index (χ2n) is 7.32. The smallest absolute Gasteiger partial charge is 0.191 e. The zero-order valence-electron chi connectivity index (χ0n) is 16.6. The molecule has 26 heavy (non-hydrogen) atoms. The fourth-order valence-electron chi connectivity index (χ4n) is 3.27. The first-order valence-electron chi connectivity index (χ1n) is 9.69. The molecule has 0 saturated carbocycles. The van der Waals surface area contributed by atoms with Crippen molar-refractivity contribution in [3.63, 3.8) is 0 Å². The standard InChI is InChI=1S/C20H34ClN5/c1-5-22-20(23-14-17-8-6-7-9-18(17)21)24-15-19(16(2)3)26-12-10-25(4)11-13-26/h6-9,16,19H,5,10-15H2,1-4H3,(H2,22,23,24). The number of guanidine groups is 1. The Labute approximate surface area is 163 Å². The molecule has 1 unspecified atom stereocenters. The Morgan fingerprint density at radius 1 is 1.15 bits per heavy atom. The zero-order valence-corrected chi connectivity index (χ0v) is 17.4. The number of benzene rings is 1. The van der Waals surface area contributed by atoms with Gasteiger partial charge in [0.2, 0.25) is 0 Å². The Kier molecular flexibility index (Phi) is 8.69. The summed E-state index contributed by atoms with van der Waals surface area (Å²) in [6.45, 7) is 13.6. The van der Waals surface area contributed by atoms with E-state index in [0.29, 0.717) is 18.5 Å². The predicted molar refractivity (Wildman–Crippen MR) is 112 cm³/mol. The molecule has 1 atom stereocenters. The van der Waals surface area contributed by atoms with Crippen LogP contribution in [0.2, 0.25) is 5.02 Å². The minimum atomic E-state index is 0.507. The molecule has 0 bridgehead atoms. The van der Waals surface area contributed by atoms with E-state index >= 15 is 0 Å². The lowest BCUT2D eigenvalue weighted by Gasteiger charge is -2.40. The number of halogens is 1. The van der Waals surface area contributed by atoms with Crippen LogP contribution in [-0.2, 0) is 6.54 Å². The molecular formula is C20H34ClN5. The van der Waals surface area contributed by atoms with Gasteiger partial charge in [-0.05, 0) is 31.5 Å². The van der Waals surface area contributed by atoms with Crippen molar-refractivity contribution >= 4 is 17.6 Å². The van der Waals surface area contributed by atoms with E-state index < -0.39 is 0 Å². The lowest BCUT2D eigenvalue weighted by atomic mass is 10.0. The molecule has 1 fully saturated rings. The minimum Gasteiger partial charge on any atom is -0.357 e. The number of likely N-dealkylation sites (N-methyl/N-ethyl adjacent to an activating group) is 1. The van der Waals surface area contributed by atoms with Gasteiger partial charge in [-0.15, -0.1) is 0 Å². The summed E-state index contributed by atoms with van der Waals surface area (Å²) in [6.07, 6.45) is 0. The van der Waals surface area contributed by atoms with Crippen molar-refractivity contribution in [3.8, 4) is 0 Å². The second kappa shape index (κ2) is 10.8. The highest BCUT2D eigenvalue weighted by atomic mass is 35.5. The molecule has 0 aliphatic carbocycles. The average Bonchev–Trinajstić information content (AvgIpc) is 2.62. The van der Waals surface area contributed by atoms with Gasteiger partial charge in [0.05, 0.1) is 6.54 Å². The molecule has 0 amide bonds. The summed E-state index contributed by atoms with van der Waals surface area (Å²) < 4.78 is 0. The summed E-state index contributed by atoms with van der Waals surface area (Å²) in [6, 6.07) is 8.39. The zero-order chi connectivity index (χ0) is 18.9.